The van der Waals surface area contributed by atoms with Crippen molar-refractivity contribution in [2.45, 2.75) is 0 Å². The molecule has 6 nitrogen and oxygen atoms in total. The average Bonchev–Trinajstić information content (AvgIpc) is 1.59. The van der Waals surface area contributed by atoms with E-state index in [1.807, 2.05) is 10.6 Å². The molecule has 0 aliphatic carbocycles. The van der Waals surface area contributed by atoms with E-state index in [1.165, 1.54) is 0 Å². The molecule has 64 valence electrons. The van der Waals surface area contributed by atoms with Gasteiger partial charge in [0.25, 0.3) is 0 Å². The van der Waals surface area contributed by atoms with E-state index in [9.17, 15) is 14.4 Å². The minimum atomic E-state index is -0.771. The highest BCUT2D eigenvalue weighted by atomic mass is 35.5. The van der Waals surface area contributed by atoms with Gasteiger partial charge in [-0.15, -0.1) is 0 Å². The van der Waals surface area contributed by atoms with Crippen LogP contribution < -0.4 is 40.8 Å². The molecule has 0 saturated carbocycles. The third-order valence-electron chi connectivity index (χ3n) is 0.736. The minimum absolute atomic E-state index is 0. The number of carbonyl (C=O) groups is 3. The summed E-state index contributed by atoms with van der Waals surface area (Å²) in [6.07, 6.45) is 0. The zero-order valence-corrected chi connectivity index (χ0v) is 6.57. The number of hydrogen-bond donors (Lipinski definition) is 3. The third-order valence-corrected chi connectivity index (χ3v) is 0.736. The number of halogens is 2. The van der Waals surface area contributed by atoms with Gasteiger partial charge < -0.3 is 24.8 Å². The van der Waals surface area contributed by atoms with E-state index < -0.39 is 18.1 Å². The van der Waals surface area contributed by atoms with Crippen LogP contribution in [0.15, 0.2) is 0 Å². The van der Waals surface area contributed by atoms with Crippen LogP contribution in [0.4, 0.5) is 14.4 Å². The normalized spacial score (nSPS) is 15.5. The number of primary amides is 2. The Bertz CT molecular complexity index is 149. The molecule has 0 radical (unpaired) electrons. The van der Waals surface area contributed by atoms with E-state index in [0.29, 0.717) is 0 Å². The number of urea groups is 3. The largest absolute Gasteiger partial charge is 1.00 e. The Balaban J connectivity index is 0. The standard InChI is InChI=1S/C3H3N3O3.2ClH/c7-1-4-2(8)6-3(9)5-1;;/h(H3,4,5,6,7,8,9);2*1H/p-1. The van der Waals surface area contributed by atoms with Crippen LogP contribution >= 0.6 is 0 Å². The van der Waals surface area contributed by atoms with Crippen molar-refractivity contribution >= 4 is 18.1 Å². The summed E-state index contributed by atoms with van der Waals surface area (Å²) in [4.78, 5) is 30.7. The first-order valence-corrected chi connectivity index (χ1v) is 2.19. The summed E-state index contributed by atoms with van der Waals surface area (Å²) >= 11 is 0. The van der Waals surface area contributed by atoms with Crippen LogP contribution in [0.1, 0.15) is 0 Å². The molecule has 0 aromatic heterocycles. The first-order valence-electron chi connectivity index (χ1n) is 2.19. The third kappa shape index (κ3) is 3.76. The Morgan fingerprint density at radius 3 is 1.55 bits per heavy atom. The van der Waals surface area contributed by atoms with Crippen LogP contribution in [0.3, 0.4) is 0 Å². The first-order chi connectivity index (χ1) is 4.18. The lowest BCUT2D eigenvalue weighted by Crippen LogP contribution is -3.00. The maximum absolute atomic E-state index is 10.2. The second kappa shape index (κ2) is 4.89. The quantitative estimate of drug-likeness (QED) is 0.363. The molecule has 1 saturated heterocycles. The molecule has 0 bridgehead atoms. The molecular weight excluding hydrogens is 197 g/mol. The summed E-state index contributed by atoms with van der Waals surface area (Å²) < 4.78 is 0. The highest BCUT2D eigenvalue weighted by Gasteiger charge is 2.24. The molecular formula is C3H4Cl2N3O3-. The number of rotatable bonds is 0. The SMILES string of the molecule is O=C1NC(=O)[NH2+]C(=O)N1.[Cl-].[Cl-]. The molecule has 1 aliphatic heterocycles. The minimum Gasteiger partial charge on any atom is -1.00 e. The molecule has 1 fully saturated rings. The van der Waals surface area contributed by atoms with E-state index in [2.05, 4.69) is 0 Å². The van der Waals surface area contributed by atoms with Crippen LogP contribution in [0, 0.1) is 0 Å². The molecule has 8 heteroatoms. The van der Waals surface area contributed by atoms with Crippen LogP contribution in [0.5, 0.6) is 0 Å². The van der Waals surface area contributed by atoms with Gasteiger partial charge >= 0.3 is 18.1 Å². The van der Waals surface area contributed by atoms with Crippen molar-refractivity contribution in [3.63, 3.8) is 0 Å². The van der Waals surface area contributed by atoms with Gasteiger partial charge in [-0.3, -0.25) is 0 Å². The predicted molar refractivity (Wildman–Crippen MR) is 24.4 cm³/mol. The lowest BCUT2D eigenvalue weighted by molar-refractivity contribution is -0.452. The molecule has 6 amide bonds. The number of nitrogens with two attached hydrogens (primary N) is 1. The van der Waals surface area contributed by atoms with Crippen molar-refractivity contribution in [2.75, 3.05) is 0 Å². The van der Waals surface area contributed by atoms with Gasteiger partial charge in [0.1, 0.15) is 0 Å². The van der Waals surface area contributed by atoms with Crippen LogP contribution in [-0.4, -0.2) is 18.1 Å². The van der Waals surface area contributed by atoms with E-state index in [4.69, 9.17) is 0 Å². The number of amides is 6. The lowest BCUT2D eigenvalue weighted by atomic mass is 10.7. The summed E-state index contributed by atoms with van der Waals surface area (Å²) in [6.45, 7) is 0. The number of hydrogen-bond acceptors (Lipinski definition) is 3. The summed E-state index contributed by atoms with van der Waals surface area (Å²) in [6, 6.07) is -2.12. The number of imide groups is 3. The number of carbonyl (C=O) groups excluding carboxylic acids is 3. The van der Waals surface area contributed by atoms with E-state index >= 15 is 0 Å². The highest BCUT2D eigenvalue weighted by Crippen LogP contribution is 1.66. The van der Waals surface area contributed by atoms with E-state index in [1.54, 1.807) is 0 Å². The Morgan fingerprint density at radius 1 is 0.909 bits per heavy atom. The van der Waals surface area contributed by atoms with Gasteiger partial charge in [-0.05, 0) is 0 Å². The monoisotopic (exact) mass is 200 g/mol. The number of nitrogens with one attached hydrogen (secondary N) is 2. The van der Waals surface area contributed by atoms with E-state index in [-0.39, 0.29) is 24.8 Å². The Morgan fingerprint density at radius 2 is 1.27 bits per heavy atom. The van der Waals surface area contributed by atoms with Gasteiger partial charge in [0.15, 0.2) is 0 Å². The maximum Gasteiger partial charge on any atom is 0.430 e. The lowest BCUT2D eigenvalue weighted by Gasteiger charge is -2.05. The van der Waals surface area contributed by atoms with Crippen LogP contribution in [-0.2, 0) is 0 Å². The zero-order chi connectivity index (χ0) is 6.85. The second-order valence-corrected chi connectivity index (χ2v) is 1.45. The van der Waals surface area contributed by atoms with Crippen molar-refractivity contribution in [1.82, 2.24) is 10.6 Å². The van der Waals surface area contributed by atoms with Gasteiger partial charge in [0.2, 0.25) is 0 Å². The molecule has 1 aliphatic rings. The fraction of sp³-hybridized carbons (Fsp3) is 0. The summed E-state index contributed by atoms with van der Waals surface area (Å²) in [7, 11) is 0. The smallest absolute Gasteiger partial charge is 0.430 e. The van der Waals surface area contributed by atoms with Crippen molar-refractivity contribution in [1.29, 1.82) is 0 Å². The summed E-state index contributed by atoms with van der Waals surface area (Å²) in [5.41, 5.74) is 0. The van der Waals surface area contributed by atoms with Crippen LogP contribution in [0.25, 0.3) is 0 Å². The molecule has 1 heterocycles. The van der Waals surface area contributed by atoms with Crippen molar-refractivity contribution < 1.29 is 44.5 Å². The highest BCUT2D eigenvalue weighted by molar-refractivity contribution is 6.02. The van der Waals surface area contributed by atoms with Crippen molar-refractivity contribution in [3.05, 3.63) is 0 Å². The Labute approximate surface area is 73.9 Å². The van der Waals surface area contributed by atoms with Gasteiger partial charge in [-0.25, -0.2) is 25.0 Å². The molecule has 4 N–H and O–H groups in total. The van der Waals surface area contributed by atoms with Crippen molar-refractivity contribution in [2.24, 2.45) is 0 Å². The van der Waals surface area contributed by atoms with Crippen LogP contribution in [0.2, 0.25) is 0 Å². The molecule has 1 rings (SSSR count). The fourth-order valence-corrected chi connectivity index (χ4v) is 0.446. The molecule has 11 heavy (non-hydrogen) atoms. The molecule has 0 unspecified atom stereocenters. The first kappa shape index (κ1) is 12.8. The van der Waals surface area contributed by atoms with Crippen molar-refractivity contribution in [3.8, 4) is 0 Å². The molecule has 0 aromatic rings. The van der Waals surface area contributed by atoms with Gasteiger partial charge in [-0.2, -0.15) is 5.32 Å². The maximum atomic E-state index is 10.2. The van der Waals surface area contributed by atoms with E-state index in [0.717, 1.165) is 5.32 Å². The zero-order valence-electron chi connectivity index (χ0n) is 5.06. The topological polar surface area (TPSA) is 91.9 Å². The molecule has 0 aromatic carbocycles. The molecule has 0 spiro atoms. The van der Waals surface area contributed by atoms with Gasteiger partial charge in [0, 0.05) is 0 Å². The Hall–Kier alpha value is -0.850. The van der Waals surface area contributed by atoms with Gasteiger partial charge in [-0.1, -0.05) is 0 Å². The van der Waals surface area contributed by atoms with Gasteiger partial charge in [0.05, 0.1) is 0 Å². The summed E-state index contributed by atoms with van der Waals surface area (Å²) in [5.74, 6) is 0. The number of quaternary nitrogens is 1. The average molecular weight is 201 g/mol. The Kier molecular flexibility index (Phi) is 5.69. The fourth-order valence-electron chi connectivity index (χ4n) is 0.446. The summed E-state index contributed by atoms with van der Waals surface area (Å²) in [5, 5.41) is 4.45. The predicted octanol–water partition coefficient (Wildman–Crippen LogP) is -7.89. The molecule has 0 atom stereocenters. The second-order valence-electron chi connectivity index (χ2n) is 1.45.